The van der Waals surface area contributed by atoms with Crippen molar-refractivity contribution >= 4 is 34.0 Å². The van der Waals surface area contributed by atoms with Crippen molar-refractivity contribution in [1.82, 2.24) is 4.98 Å². The zero-order valence-electron chi connectivity index (χ0n) is 9.94. The van der Waals surface area contributed by atoms with Crippen molar-refractivity contribution in [2.75, 3.05) is 5.32 Å². The molecule has 1 amide bonds. The molecule has 0 aliphatic rings. The molecule has 0 fully saturated rings. The largest absolute Gasteiger partial charge is 0.302 e. The Balaban J connectivity index is 1.87. The fourth-order valence-corrected chi connectivity index (χ4v) is 2.48. The SMILES string of the molecule is Cc1csc(NC(=O)CCc2ccccc2Cl)n1. The van der Waals surface area contributed by atoms with Crippen LogP contribution in [0.1, 0.15) is 17.7 Å². The molecule has 0 saturated heterocycles. The van der Waals surface area contributed by atoms with Crippen LogP contribution in [-0.4, -0.2) is 10.9 Å². The standard InChI is InChI=1S/C13H13ClN2OS/c1-9-8-18-13(15-9)16-12(17)7-6-10-4-2-3-5-11(10)14/h2-5,8H,6-7H2,1H3,(H,15,16,17). The van der Waals surface area contributed by atoms with Gasteiger partial charge in [0.1, 0.15) is 0 Å². The van der Waals surface area contributed by atoms with E-state index in [4.69, 9.17) is 11.6 Å². The lowest BCUT2D eigenvalue weighted by Gasteiger charge is -2.04. The maximum Gasteiger partial charge on any atom is 0.226 e. The summed E-state index contributed by atoms with van der Waals surface area (Å²) in [5, 5.41) is 6.04. The number of aryl methyl sites for hydroxylation is 2. The Hall–Kier alpha value is -1.39. The second kappa shape index (κ2) is 5.98. The number of carbonyl (C=O) groups is 1. The first kappa shape index (κ1) is 13.1. The number of anilines is 1. The van der Waals surface area contributed by atoms with Gasteiger partial charge in [-0.15, -0.1) is 11.3 Å². The topological polar surface area (TPSA) is 42.0 Å². The van der Waals surface area contributed by atoms with Crippen LogP contribution in [0.5, 0.6) is 0 Å². The summed E-state index contributed by atoms with van der Waals surface area (Å²) in [7, 11) is 0. The van der Waals surface area contributed by atoms with Crippen LogP contribution in [0.3, 0.4) is 0 Å². The van der Waals surface area contributed by atoms with E-state index in [2.05, 4.69) is 10.3 Å². The van der Waals surface area contributed by atoms with E-state index < -0.39 is 0 Å². The van der Waals surface area contributed by atoms with Crippen molar-refractivity contribution in [2.45, 2.75) is 19.8 Å². The van der Waals surface area contributed by atoms with Crippen LogP contribution in [0.2, 0.25) is 5.02 Å². The van der Waals surface area contributed by atoms with Gasteiger partial charge in [-0.2, -0.15) is 0 Å². The molecule has 2 rings (SSSR count). The molecule has 0 saturated carbocycles. The first-order valence-corrected chi connectivity index (χ1v) is 6.86. The van der Waals surface area contributed by atoms with E-state index in [9.17, 15) is 4.79 Å². The predicted octanol–water partition coefficient (Wildman–Crippen LogP) is 3.68. The van der Waals surface area contributed by atoms with Crippen molar-refractivity contribution in [1.29, 1.82) is 0 Å². The third-order valence-electron chi connectivity index (χ3n) is 2.44. The highest BCUT2D eigenvalue weighted by Gasteiger charge is 2.07. The number of rotatable bonds is 4. The Labute approximate surface area is 115 Å². The molecule has 0 radical (unpaired) electrons. The van der Waals surface area contributed by atoms with Crippen molar-refractivity contribution in [2.24, 2.45) is 0 Å². The number of benzene rings is 1. The number of nitrogens with zero attached hydrogens (tertiary/aromatic N) is 1. The van der Waals surface area contributed by atoms with Gasteiger partial charge in [0.15, 0.2) is 5.13 Å². The van der Waals surface area contributed by atoms with Crippen molar-refractivity contribution < 1.29 is 4.79 Å². The lowest BCUT2D eigenvalue weighted by atomic mass is 10.1. The van der Waals surface area contributed by atoms with Gasteiger partial charge < -0.3 is 5.32 Å². The van der Waals surface area contributed by atoms with E-state index in [1.54, 1.807) is 0 Å². The average Bonchev–Trinajstić information content (AvgIpc) is 2.74. The summed E-state index contributed by atoms with van der Waals surface area (Å²) in [5.41, 5.74) is 1.91. The molecule has 94 valence electrons. The zero-order valence-corrected chi connectivity index (χ0v) is 11.5. The van der Waals surface area contributed by atoms with E-state index in [1.165, 1.54) is 11.3 Å². The number of thiazole rings is 1. The maximum absolute atomic E-state index is 11.7. The monoisotopic (exact) mass is 280 g/mol. The fraction of sp³-hybridized carbons (Fsp3) is 0.231. The van der Waals surface area contributed by atoms with E-state index in [0.29, 0.717) is 23.0 Å². The van der Waals surface area contributed by atoms with Crippen LogP contribution in [0.25, 0.3) is 0 Å². The summed E-state index contributed by atoms with van der Waals surface area (Å²) >= 11 is 7.46. The van der Waals surface area contributed by atoms with Gasteiger partial charge >= 0.3 is 0 Å². The van der Waals surface area contributed by atoms with E-state index in [-0.39, 0.29) is 5.91 Å². The van der Waals surface area contributed by atoms with Crippen molar-refractivity contribution in [3.05, 3.63) is 45.9 Å². The summed E-state index contributed by atoms with van der Waals surface area (Å²) < 4.78 is 0. The zero-order chi connectivity index (χ0) is 13.0. The molecule has 0 aliphatic carbocycles. The number of amides is 1. The van der Waals surface area contributed by atoms with Crippen molar-refractivity contribution in [3.63, 3.8) is 0 Å². The van der Waals surface area contributed by atoms with Crippen LogP contribution in [0, 0.1) is 6.92 Å². The predicted molar refractivity (Wildman–Crippen MR) is 75.3 cm³/mol. The molecular formula is C13H13ClN2OS. The Kier molecular flexibility index (Phi) is 4.33. The third kappa shape index (κ3) is 3.55. The number of nitrogens with one attached hydrogen (secondary N) is 1. The molecule has 5 heteroatoms. The normalized spacial score (nSPS) is 10.3. The molecule has 0 aliphatic heterocycles. The maximum atomic E-state index is 11.7. The molecule has 1 aromatic carbocycles. The molecule has 3 nitrogen and oxygen atoms in total. The molecule has 2 aromatic rings. The highest BCUT2D eigenvalue weighted by atomic mass is 35.5. The summed E-state index contributed by atoms with van der Waals surface area (Å²) in [6.07, 6.45) is 1.04. The Morgan fingerprint density at radius 1 is 1.44 bits per heavy atom. The molecular weight excluding hydrogens is 268 g/mol. The van der Waals surface area contributed by atoms with Crippen molar-refractivity contribution in [3.8, 4) is 0 Å². The van der Waals surface area contributed by atoms with Crippen LogP contribution < -0.4 is 5.32 Å². The molecule has 0 unspecified atom stereocenters. The highest BCUT2D eigenvalue weighted by molar-refractivity contribution is 7.13. The molecule has 1 N–H and O–H groups in total. The van der Waals surface area contributed by atoms with Gasteiger partial charge in [0.2, 0.25) is 5.91 Å². The van der Waals surface area contributed by atoms with E-state index in [0.717, 1.165) is 11.3 Å². The minimum atomic E-state index is -0.0377. The lowest BCUT2D eigenvalue weighted by molar-refractivity contribution is -0.116. The third-order valence-corrected chi connectivity index (χ3v) is 3.69. The molecule has 1 aromatic heterocycles. The minimum absolute atomic E-state index is 0.0377. The number of halogens is 1. The van der Waals surface area contributed by atoms with Gasteiger partial charge in [-0.1, -0.05) is 29.8 Å². The number of hydrogen-bond acceptors (Lipinski definition) is 3. The molecule has 0 spiro atoms. The van der Waals surface area contributed by atoms with Crippen LogP contribution in [0.4, 0.5) is 5.13 Å². The van der Waals surface area contributed by atoms with Gasteiger partial charge in [-0.25, -0.2) is 4.98 Å². The molecule has 0 bridgehead atoms. The van der Waals surface area contributed by atoms with Gasteiger partial charge in [-0.3, -0.25) is 4.79 Å². The molecule has 1 heterocycles. The summed E-state index contributed by atoms with van der Waals surface area (Å²) in [6.45, 7) is 1.90. The van der Waals surface area contributed by atoms with Gasteiger partial charge in [0.25, 0.3) is 0 Å². The van der Waals surface area contributed by atoms with E-state index >= 15 is 0 Å². The lowest BCUT2D eigenvalue weighted by Crippen LogP contribution is -2.12. The quantitative estimate of drug-likeness (QED) is 0.928. The second-order valence-corrected chi connectivity index (χ2v) is 5.20. The van der Waals surface area contributed by atoms with Crippen LogP contribution >= 0.6 is 22.9 Å². The van der Waals surface area contributed by atoms with E-state index in [1.807, 2.05) is 36.6 Å². The summed E-state index contributed by atoms with van der Waals surface area (Å²) in [4.78, 5) is 15.9. The second-order valence-electron chi connectivity index (χ2n) is 3.93. The molecule has 0 atom stereocenters. The Morgan fingerprint density at radius 3 is 2.89 bits per heavy atom. The average molecular weight is 281 g/mol. The Bertz CT molecular complexity index is 553. The summed E-state index contributed by atoms with van der Waals surface area (Å²) in [6, 6.07) is 7.57. The number of carbonyl (C=O) groups excluding carboxylic acids is 1. The van der Waals surface area contributed by atoms with Gasteiger partial charge in [0.05, 0.1) is 5.69 Å². The Morgan fingerprint density at radius 2 is 2.22 bits per heavy atom. The summed E-state index contributed by atoms with van der Waals surface area (Å²) in [5.74, 6) is -0.0377. The molecule has 18 heavy (non-hydrogen) atoms. The van der Waals surface area contributed by atoms with Gasteiger partial charge in [0, 0.05) is 16.8 Å². The smallest absolute Gasteiger partial charge is 0.226 e. The van der Waals surface area contributed by atoms with Gasteiger partial charge in [-0.05, 0) is 25.0 Å². The minimum Gasteiger partial charge on any atom is -0.302 e. The first-order chi connectivity index (χ1) is 8.65. The number of hydrogen-bond donors (Lipinski definition) is 1. The number of aromatic nitrogens is 1. The van der Waals surface area contributed by atoms with Crippen LogP contribution in [-0.2, 0) is 11.2 Å². The first-order valence-electron chi connectivity index (χ1n) is 5.60. The van der Waals surface area contributed by atoms with Crippen LogP contribution in [0.15, 0.2) is 29.6 Å². The fourth-order valence-electron chi connectivity index (χ4n) is 1.54. The highest BCUT2D eigenvalue weighted by Crippen LogP contribution is 2.18.